The van der Waals surface area contributed by atoms with E-state index in [1.807, 2.05) is 115 Å². The predicted octanol–water partition coefficient (Wildman–Crippen LogP) is 4.31. The standard InChI is InChI=1S/C34H36N4O6/c1-38(36-34(41)35-22-27-11-5-2-6-12-27)23-32(39)37-44-31(33(40)43-25-29-15-9-4-10-16-29)21-26-17-19-30(20-18-26)42-24-28-13-7-3-8-14-28/h2-20,31H,21-25H2,1H3,(H,37,39)(H2,35,36,41)/t31-/m0/s1. The minimum atomic E-state index is -1.12. The van der Waals surface area contributed by atoms with Crippen molar-refractivity contribution in [3.63, 3.8) is 0 Å². The molecule has 228 valence electrons. The SMILES string of the molecule is CN(CC(=O)NO[C@@H](Cc1ccc(OCc2ccccc2)cc1)C(=O)OCc1ccccc1)NC(=O)NCc1ccccc1. The number of hydrogen-bond acceptors (Lipinski definition) is 7. The largest absolute Gasteiger partial charge is 0.489 e. The lowest BCUT2D eigenvalue weighted by atomic mass is 10.1. The number of hydrazine groups is 1. The van der Waals surface area contributed by atoms with Crippen LogP contribution in [0.3, 0.4) is 0 Å². The molecule has 0 bridgehead atoms. The maximum atomic E-state index is 13.0. The van der Waals surface area contributed by atoms with Gasteiger partial charge in [0.2, 0.25) is 0 Å². The number of carbonyl (C=O) groups excluding carboxylic acids is 3. The molecule has 1 atom stereocenters. The molecule has 0 heterocycles. The van der Waals surface area contributed by atoms with Crippen LogP contribution in [0.25, 0.3) is 0 Å². The molecule has 0 fully saturated rings. The summed E-state index contributed by atoms with van der Waals surface area (Å²) in [6, 6.07) is 35.4. The van der Waals surface area contributed by atoms with Crippen molar-refractivity contribution in [1.29, 1.82) is 0 Å². The van der Waals surface area contributed by atoms with Crippen molar-refractivity contribution < 1.29 is 28.7 Å². The number of hydrogen-bond donors (Lipinski definition) is 3. The third kappa shape index (κ3) is 11.2. The van der Waals surface area contributed by atoms with Gasteiger partial charge in [-0.25, -0.2) is 20.1 Å². The molecule has 4 aromatic carbocycles. The molecule has 0 radical (unpaired) electrons. The van der Waals surface area contributed by atoms with Gasteiger partial charge in [0.25, 0.3) is 5.91 Å². The minimum absolute atomic E-state index is 0.0600. The zero-order valence-electron chi connectivity index (χ0n) is 24.5. The molecular weight excluding hydrogens is 560 g/mol. The number of amides is 3. The third-order valence-electron chi connectivity index (χ3n) is 6.36. The highest BCUT2D eigenvalue weighted by Crippen LogP contribution is 2.17. The second kappa shape index (κ2) is 17.1. The molecule has 4 aromatic rings. The second-order valence-corrected chi connectivity index (χ2v) is 9.98. The molecule has 0 unspecified atom stereocenters. The van der Waals surface area contributed by atoms with E-state index in [1.165, 1.54) is 12.1 Å². The first-order chi connectivity index (χ1) is 21.4. The van der Waals surface area contributed by atoms with Gasteiger partial charge >= 0.3 is 12.0 Å². The Bertz CT molecular complexity index is 1450. The number of likely N-dealkylation sites (N-methyl/N-ethyl adjacent to an activating group) is 1. The second-order valence-electron chi connectivity index (χ2n) is 9.98. The summed E-state index contributed by atoms with van der Waals surface area (Å²) in [6.45, 7) is 0.604. The highest BCUT2D eigenvalue weighted by molar-refractivity contribution is 5.79. The number of rotatable bonds is 15. The van der Waals surface area contributed by atoms with E-state index in [0.717, 1.165) is 22.3 Å². The Morgan fingerprint density at radius 1 is 0.705 bits per heavy atom. The van der Waals surface area contributed by atoms with E-state index < -0.39 is 24.0 Å². The lowest BCUT2D eigenvalue weighted by Crippen LogP contribution is -2.49. The molecule has 10 nitrogen and oxygen atoms in total. The monoisotopic (exact) mass is 596 g/mol. The smallest absolute Gasteiger partial charge is 0.338 e. The van der Waals surface area contributed by atoms with Crippen LogP contribution in [0.4, 0.5) is 4.79 Å². The van der Waals surface area contributed by atoms with Crippen LogP contribution in [0.1, 0.15) is 22.3 Å². The quantitative estimate of drug-likeness (QED) is 0.138. The van der Waals surface area contributed by atoms with E-state index in [4.69, 9.17) is 14.3 Å². The van der Waals surface area contributed by atoms with Crippen LogP contribution in [-0.4, -0.2) is 42.6 Å². The van der Waals surface area contributed by atoms with Crippen LogP contribution < -0.4 is 21.0 Å². The number of carbonyl (C=O) groups is 3. The number of urea groups is 1. The van der Waals surface area contributed by atoms with Gasteiger partial charge in [-0.3, -0.25) is 15.1 Å². The number of hydroxylamine groups is 1. The number of ether oxygens (including phenoxy) is 2. The van der Waals surface area contributed by atoms with Gasteiger partial charge in [0.05, 0.1) is 6.54 Å². The van der Waals surface area contributed by atoms with Crippen molar-refractivity contribution in [2.45, 2.75) is 32.3 Å². The molecule has 0 spiro atoms. The van der Waals surface area contributed by atoms with Gasteiger partial charge in [-0.15, -0.1) is 0 Å². The van der Waals surface area contributed by atoms with E-state index >= 15 is 0 Å². The van der Waals surface area contributed by atoms with E-state index in [1.54, 1.807) is 0 Å². The molecule has 44 heavy (non-hydrogen) atoms. The molecule has 0 aliphatic heterocycles. The Morgan fingerprint density at radius 2 is 1.27 bits per heavy atom. The number of benzene rings is 4. The molecule has 4 rings (SSSR count). The fraction of sp³-hybridized carbons (Fsp3) is 0.206. The zero-order valence-corrected chi connectivity index (χ0v) is 24.5. The highest BCUT2D eigenvalue weighted by Gasteiger charge is 2.24. The van der Waals surface area contributed by atoms with Crippen molar-refractivity contribution in [2.75, 3.05) is 13.6 Å². The van der Waals surface area contributed by atoms with Crippen molar-refractivity contribution in [2.24, 2.45) is 0 Å². The summed E-state index contributed by atoms with van der Waals surface area (Å²) in [5, 5.41) is 4.02. The van der Waals surface area contributed by atoms with Gasteiger partial charge in [-0.1, -0.05) is 103 Å². The van der Waals surface area contributed by atoms with Crippen molar-refractivity contribution >= 4 is 17.9 Å². The first-order valence-electron chi connectivity index (χ1n) is 14.1. The highest BCUT2D eigenvalue weighted by atomic mass is 16.7. The Hall–Kier alpha value is -5.19. The van der Waals surface area contributed by atoms with Gasteiger partial charge in [0.15, 0.2) is 6.10 Å². The summed E-state index contributed by atoms with van der Waals surface area (Å²) in [5.74, 6) is -0.523. The lowest BCUT2D eigenvalue weighted by Gasteiger charge is -2.20. The minimum Gasteiger partial charge on any atom is -0.489 e. The van der Waals surface area contributed by atoms with Crippen LogP contribution in [0.2, 0.25) is 0 Å². The number of nitrogens with one attached hydrogen (secondary N) is 3. The lowest BCUT2D eigenvalue weighted by molar-refractivity contribution is -0.167. The summed E-state index contributed by atoms with van der Waals surface area (Å²) < 4.78 is 11.3. The molecular formula is C34H36N4O6. The number of esters is 1. The first-order valence-corrected chi connectivity index (χ1v) is 14.1. The van der Waals surface area contributed by atoms with Crippen LogP contribution in [0, 0.1) is 0 Å². The Morgan fingerprint density at radius 3 is 1.89 bits per heavy atom. The Balaban J connectivity index is 1.28. The summed E-state index contributed by atoms with van der Waals surface area (Å²) >= 11 is 0. The van der Waals surface area contributed by atoms with Gasteiger partial charge in [0, 0.05) is 20.0 Å². The Kier molecular flexibility index (Phi) is 12.3. The molecule has 0 aromatic heterocycles. The first kappa shape index (κ1) is 31.7. The van der Waals surface area contributed by atoms with Crippen LogP contribution in [0.15, 0.2) is 115 Å². The predicted molar refractivity (Wildman–Crippen MR) is 165 cm³/mol. The van der Waals surface area contributed by atoms with Crippen molar-refractivity contribution in [1.82, 2.24) is 21.2 Å². The van der Waals surface area contributed by atoms with E-state index in [0.29, 0.717) is 18.9 Å². The van der Waals surface area contributed by atoms with Gasteiger partial charge in [-0.2, -0.15) is 0 Å². The maximum Gasteiger partial charge on any atom is 0.338 e. The molecule has 0 saturated carbocycles. The normalized spacial score (nSPS) is 11.3. The molecule has 3 amide bonds. The summed E-state index contributed by atoms with van der Waals surface area (Å²) in [5.41, 5.74) is 8.47. The van der Waals surface area contributed by atoms with Gasteiger partial charge in [-0.05, 0) is 34.4 Å². The molecule has 3 N–H and O–H groups in total. The molecule has 0 saturated heterocycles. The molecule has 0 aliphatic carbocycles. The fourth-order valence-electron chi connectivity index (χ4n) is 4.09. The summed E-state index contributed by atoms with van der Waals surface area (Å²) in [6.07, 6.45) is -0.978. The fourth-order valence-corrected chi connectivity index (χ4v) is 4.09. The maximum absolute atomic E-state index is 13.0. The summed E-state index contributed by atoms with van der Waals surface area (Å²) in [4.78, 5) is 43.3. The van der Waals surface area contributed by atoms with Gasteiger partial charge in [0.1, 0.15) is 19.0 Å². The van der Waals surface area contributed by atoms with Crippen LogP contribution in [0.5, 0.6) is 5.75 Å². The topological polar surface area (TPSA) is 118 Å². The van der Waals surface area contributed by atoms with Gasteiger partial charge < -0.3 is 14.8 Å². The third-order valence-corrected chi connectivity index (χ3v) is 6.36. The average Bonchev–Trinajstić information content (AvgIpc) is 3.05. The zero-order chi connectivity index (χ0) is 31.0. The Labute approximate surface area is 256 Å². The summed E-state index contributed by atoms with van der Waals surface area (Å²) in [7, 11) is 1.54. The van der Waals surface area contributed by atoms with Crippen molar-refractivity contribution in [3.05, 3.63) is 138 Å². The number of nitrogens with zero attached hydrogens (tertiary/aromatic N) is 1. The van der Waals surface area contributed by atoms with E-state index in [-0.39, 0.29) is 19.6 Å². The average molecular weight is 597 g/mol. The van der Waals surface area contributed by atoms with E-state index in [9.17, 15) is 14.4 Å². The molecule has 0 aliphatic rings. The van der Waals surface area contributed by atoms with Crippen LogP contribution >= 0.6 is 0 Å². The van der Waals surface area contributed by atoms with E-state index in [2.05, 4.69) is 16.2 Å². The van der Waals surface area contributed by atoms with Crippen molar-refractivity contribution in [3.8, 4) is 5.75 Å². The van der Waals surface area contributed by atoms with Crippen LogP contribution in [-0.2, 0) is 45.3 Å². The molecule has 10 heteroatoms.